The molecule has 1 fully saturated rings. The molecule has 0 atom stereocenters. The lowest BCUT2D eigenvalue weighted by Crippen LogP contribution is -2.39. The van der Waals surface area contributed by atoms with Crippen LogP contribution in [0.15, 0.2) is 35.2 Å². The molecule has 1 heterocycles. The summed E-state index contributed by atoms with van der Waals surface area (Å²) in [6.07, 6.45) is 1.95. The maximum atomic E-state index is 12.4. The van der Waals surface area contributed by atoms with E-state index >= 15 is 0 Å². The number of sulfonamides is 1. The van der Waals surface area contributed by atoms with Crippen LogP contribution in [0.2, 0.25) is 0 Å². The molecule has 1 aromatic carbocycles. The fourth-order valence-electron chi connectivity index (χ4n) is 2.52. The summed E-state index contributed by atoms with van der Waals surface area (Å²) in [6.45, 7) is 5.73. The molecule has 0 aromatic heterocycles. The van der Waals surface area contributed by atoms with Crippen LogP contribution in [-0.4, -0.2) is 25.8 Å². The van der Waals surface area contributed by atoms with Gasteiger partial charge < -0.3 is 0 Å². The zero-order chi connectivity index (χ0) is 13.2. The average molecular weight is 267 g/mol. The minimum atomic E-state index is -3.28. The lowest BCUT2D eigenvalue weighted by molar-refractivity contribution is 0.226. The molecule has 0 radical (unpaired) electrons. The zero-order valence-corrected chi connectivity index (χ0v) is 11.9. The molecule has 2 rings (SSSR count). The number of nitrogens with zero attached hydrogens (tertiary/aromatic N) is 1. The van der Waals surface area contributed by atoms with E-state index in [1.807, 2.05) is 6.07 Å². The largest absolute Gasteiger partial charge is 0.243 e. The number of benzene rings is 1. The van der Waals surface area contributed by atoms with E-state index in [1.54, 1.807) is 28.6 Å². The van der Waals surface area contributed by atoms with Gasteiger partial charge in [-0.25, -0.2) is 8.42 Å². The summed E-state index contributed by atoms with van der Waals surface area (Å²) < 4.78 is 26.4. The molecular formula is C14H21NO2S. The van der Waals surface area contributed by atoms with Gasteiger partial charge in [-0.3, -0.25) is 0 Å². The monoisotopic (exact) mass is 267 g/mol. The summed E-state index contributed by atoms with van der Waals surface area (Å²) in [5.74, 6) is 1.30. The quantitative estimate of drug-likeness (QED) is 0.844. The minimum Gasteiger partial charge on any atom is -0.207 e. The predicted molar refractivity (Wildman–Crippen MR) is 72.8 cm³/mol. The highest BCUT2D eigenvalue weighted by Crippen LogP contribution is 2.27. The molecular weight excluding hydrogens is 246 g/mol. The van der Waals surface area contributed by atoms with E-state index in [2.05, 4.69) is 13.8 Å². The van der Waals surface area contributed by atoms with E-state index in [-0.39, 0.29) is 0 Å². The van der Waals surface area contributed by atoms with Gasteiger partial charge in [0.05, 0.1) is 4.90 Å². The van der Waals surface area contributed by atoms with Gasteiger partial charge in [-0.1, -0.05) is 32.0 Å². The van der Waals surface area contributed by atoms with Crippen LogP contribution < -0.4 is 0 Å². The van der Waals surface area contributed by atoms with Crippen molar-refractivity contribution < 1.29 is 8.42 Å². The second-order valence-corrected chi connectivity index (χ2v) is 7.24. The Morgan fingerprint density at radius 1 is 1.11 bits per heavy atom. The van der Waals surface area contributed by atoms with E-state index < -0.39 is 10.0 Å². The van der Waals surface area contributed by atoms with Gasteiger partial charge in [0, 0.05) is 13.1 Å². The Labute approximate surface area is 110 Å². The second kappa shape index (κ2) is 5.41. The van der Waals surface area contributed by atoms with Crippen LogP contribution in [0.4, 0.5) is 0 Å². The Bertz CT molecular complexity index is 474. The predicted octanol–water partition coefficient (Wildman–Crippen LogP) is 2.74. The lowest BCUT2D eigenvalue weighted by atomic mass is 9.87. The van der Waals surface area contributed by atoms with Crippen LogP contribution in [-0.2, 0) is 10.0 Å². The maximum absolute atomic E-state index is 12.4. The molecule has 3 nitrogen and oxygen atoms in total. The number of hydrogen-bond acceptors (Lipinski definition) is 2. The van der Waals surface area contributed by atoms with Crippen molar-refractivity contribution in [3.8, 4) is 0 Å². The van der Waals surface area contributed by atoms with Crippen LogP contribution in [0.3, 0.4) is 0 Å². The van der Waals surface area contributed by atoms with Gasteiger partial charge in [0.15, 0.2) is 0 Å². The molecule has 1 aliphatic rings. The fraction of sp³-hybridized carbons (Fsp3) is 0.571. The van der Waals surface area contributed by atoms with Gasteiger partial charge >= 0.3 is 0 Å². The van der Waals surface area contributed by atoms with Crippen molar-refractivity contribution in [2.24, 2.45) is 11.8 Å². The Balaban J connectivity index is 2.10. The van der Waals surface area contributed by atoms with Gasteiger partial charge in [0.2, 0.25) is 10.0 Å². The van der Waals surface area contributed by atoms with E-state index in [0.717, 1.165) is 12.8 Å². The molecule has 0 bridgehead atoms. The summed E-state index contributed by atoms with van der Waals surface area (Å²) in [6, 6.07) is 8.72. The molecule has 0 amide bonds. The SMILES string of the molecule is CC(C)C1CCN(S(=O)(=O)c2ccccc2)CC1. The first-order valence-electron chi connectivity index (χ1n) is 6.57. The van der Waals surface area contributed by atoms with Crippen LogP contribution in [0, 0.1) is 11.8 Å². The van der Waals surface area contributed by atoms with Crippen LogP contribution in [0.25, 0.3) is 0 Å². The van der Waals surface area contributed by atoms with Crippen molar-refractivity contribution in [1.29, 1.82) is 0 Å². The first kappa shape index (κ1) is 13.6. The zero-order valence-electron chi connectivity index (χ0n) is 11.0. The standard InChI is InChI=1S/C14H21NO2S/c1-12(2)13-8-10-15(11-9-13)18(16,17)14-6-4-3-5-7-14/h3-7,12-13H,8-11H2,1-2H3. The molecule has 1 aliphatic heterocycles. The van der Waals surface area contributed by atoms with Crippen molar-refractivity contribution in [2.75, 3.05) is 13.1 Å². The lowest BCUT2D eigenvalue weighted by Gasteiger charge is -2.33. The van der Waals surface area contributed by atoms with E-state index in [4.69, 9.17) is 0 Å². The Morgan fingerprint density at radius 2 is 1.67 bits per heavy atom. The highest BCUT2D eigenvalue weighted by molar-refractivity contribution is 7.89. The first-order valence-corrected chi connectivity index (χ1v) is 8.01. The average Bonchev–Trinajstić information content (AvgIpc) is 2.40. The van der Waals surface area contributed by atoms with Crippen molar-refractivity contribution in [3.05, 3.63) is 30.3 Å². The number of hydrogen-bond donors (Lipinski definition) is 0. The van der Waals surface area contributed by atoms with Crippen molar-refractivity contribution in [1.82, 2.24) is 4.31 Å². The van der Waals surface area contributed by atoms with Crippen molar-refractivity contribution in [3.63, 3.8) is 0 Å². The molecule has 100 valence electrons. The summed E-state index contributed by atoms with van der Waals surface area (Å²) in [4.78, 5) is 0.410. The van der Waals surface area contributed by atoms with E-state index in [1.165, 1.54) is 0 Å². The topological polar surface area (TPSA) is 37.4 Å². The van der Waals surface area contributed by atoms with Gasteiger partial charge in [-0.2, -0.15) is 4.31 Å². The third-order valence-corrected chi connectivity index (χ3v) is 5.74. The van der Waals surface area contributed by atoms with Crippen molar-refractivity contribution in [2.45, 2.75) is 31.6 Å². The van der Waals surface area contributed by atoms with E-state index in [0.29, 0.717) is 29.8 Å². The van der Waals surface area contributed by atoms with Gasteiger partial charge in [-0.05, 0) is 36.8 Å². The molecule has 4 heteroatoms. The minimum absolute atomic E-state index is 0.410. The molecule has 0 N–H and O–H groups in total. The third kappa shape index (κ3) is 2.75. The number of rotatable bonds is 3. The van der Waals surface area contributed by atoms with Gasteiger partial charge in [0.1, 0.15) is 0 Å². The molecule has 0 unspecified atom stereocenters. The molecule has 0 saturated carbocycles. The molecule has 1 aromatic rings. The number of piperidine rings is 1. The van der Waals surface area contributed by atoms with Crippen LogP contribution >= 0.6 is 0 Å². The highest BCUT2D eigenvalue weighted by Gasteiger charge is 2.29. The van der Waals surface area contributed by atoms with Crippen LogP contribution in [0.5, 0.6) is 0 Å². The Hall–Kier alpha value is -0.870. The smallest absolute Gasteiger partial charge is 0.207 e. The molecule has 18 heavy (non-hydrogen) atoms. The summed E-state index contributed by atoms with van der Waals surface area (Å²) in [5.41, 5.74) is 0. The highest BCUT2D eigenvalue weighted by atomic mass is 32.2. The second-order valence-electron chi connectivity index (χ2n) is 5.30. The Morgan fingerprint density at radius 3 is 2.17 bits per heavy atom. The summed E-state index contributed by atoms with van der Waals surface area (Å²) in [5, 5.41) is 0. The normalized spacial score (nSPS) is 19.3. The van der Waals surface area contributed by atoms with Crippen LogP contribution in [0.1, 0.15) is 26.7 Å². The van der Waals surface area contributed by atoms with Gasteiger partial charge in [-0.15, -0.1) is 0 Å². The van der Waals surface area contributed by atoms with E-state index in [9.17, 15) is 8.42 Å². The third-order valence-electron chi connectivity index (χ3n) is 3.82. The van der Waals surface area contributed by atoms with Crippen molar-refractivity contribution >= 4 is 10.0 Å². The Kier molecular flexibility index (Phi) is 4.07. The first-order chi connectivity index (χ1) is 8.51. The molecule has 0 spiro atoms. The molecule has 1 saturated heterocycles. The summed E-state index contributed by atoms with van der Waals surface area (Å²) >= 11 is 0. The summed E-state index contributed by atoms with van der Waals surface area (Å²) in [7, 11) is -3.28. The molecule has 0 aliphatic carbocycles. The van der Waals surface area contributed by atoms with Gasteiger partial charge in [0.25, 0.3) is 0 Å². The fourth-order valence-corrected chi connectivity index (χ4v) is 4.02. The maximum Gasteiger partial charge on any atom is 0.243 e.